The van der Waals surface area contributed by atoms with Crippen molar-refractivity contribution < 1.29 is 0 Å². The van der Waals surface area contributed by atoms with Crippen molar-refractivity contribution in [3.8, 4) is 23.0 Å². The summed E-state index contributed by atoms with van der Waals surface area (Å²) in [6, 6.07) is 9.33. The Kier molecular flexibility index (Phi) is 4.50. The number of nitrogens with one attached hydrogen (secondary N) is 1. The van der Waals surface area contributed by atoms with Gasteiger partial charge in [0.1, 0.15) is 10.3 Å². The van der Waals surface area contributed by atoms with Gasteiger partial charge in [0.15, 0.2) is 0 Å². The zero-order valence-corrected chi connectivity index (χ0v) is 16.0. The Labute approximate surface area is 165 Å². The topological polar surface area (TPSA) is 41.6 Å². The molecule has 1 N–H and O–H groups in total. The lowest BCUT2D eigenvalue weighted by Gasteiger charge is -2.07. The summed E-state index contributed by atoms with van der Waals surface area (Å²) in [5.74, 6) is 5.98. The van der Waals surface area contributed by atoms with Crippen LogP contribution in [-0.2, 0) is 6.42 Å². The summed E-state index contributed by atoms with van der Waals surface area (Å²) in [5, 5.41) is 3.34. The SMILES string of the molecule is CC#CCc1nccc2c1[nH]c1c(-c3ccc(Cl)nc3Cl)cc(Cl)cc12. The second-order valence-electron chi connectivity index (χ2n) is 5.76. The highest BCUT2D eigenvalue weighted by Crippen LogP contribution is 2.38. The predicted octanol–water partition coefficient (Wildman–Crippen LogP) is 6.30. The number of H-pyrrole nitrogens is 1. The quantitative estimate of drug-likeness (QED) is 0.317. The van der Waals surface area contributed by atoms with Crippen LogP contribution in [0.15, 0.2) is 36.5 Å². The Balaban J connectivity index is 2.06. The van der Waals surface area contributed by atoms with Crippen LogP contribution in [0.1, 0.15) is 12.6 Å². The molecule has 0 bridgehead atoms. The zero-order chi connectivity index (χ0) is 18.3. The van der Waals surface area contributed by atoms with Crippen molar-refractivity contribution in [1.82, 2.24) is 15.0 Å². The molecule has 0 fully saturated rings. The highest BCUT2D eigenvalue weighted by molar-refractivity contribution is 6.35. The summed E-state index contributed by atoms with van der Waals surface area (Å²) in [6.45, 7) is 1.82. The fourth-order valence-electron chi connectivity index (χ4n) is 3.08. The summed E-state index contributed by atoms with van der Waals surface area (Å²) in [7, 11) is 0. The smallest absolute Gasteiger partial charge is 0.138 e. The van der Waals surface area contributed by atoms with E-state index in [1.54, 1.807) is 12.3 Å². The largest absolute Gasteiger partial charge is 0.352 e. The minimum Gasteiger partial charge on any atom is -0.352 e. The molecule has 3 nitrogen and oxygen atoms in total. The molecule has 0 saturated heterocycles. The van der Waals surface area contributed by atoms with Crippen LogP contribution < -0.4 is 0 Å². The van der Waals surface area contributed by atoms with Crippen LogP contribution in [0.5, 0.6) is 0 Å². The molecule has 0 aliphatic heterocycles. The number of aromatic nitrogens is 3. The lowest BCUT2D eigenvalue weighted by Crippen LogP contribution is -1.89. The van der Waals surface area contributed by atoms with Crippen LogP contribution in [0.4, 0.5) is 0 Å². The molecule has 0 aliphatic carbocycles. The minimum atomic E-state index is 0.329. The fourth-order valence-corrected chi connectivity index (χ4v) is 3.74. The third-order valence-corrected chi connectivity index (χ3v) is 4.93. The third-order valence-electron chi connectivity index (χ3n) is 4.21. The molecule has 3 aromatic heterocycles. The van der Waals surface area contributed by atoms with Crippen LogP contribution in [0, 0.1) is 11.8 Å². The first-order chi connectivity index (χ1) is 12.6. The van der Waals surface area contributed by atoms with Crippen molar-refractivity contribution in [2.75, 3.05) is 0 Å². The van der Waals surface area contributed by atoms with Gasteiger partial charge in [0.05, 0.1) is 23.1 Å². The molecule has 0 amide bonds. The first-order valence-corrected chi connectivity index (χ1v) is 9.02. The van der Waals surface area contributed by atoms with Crippen LogP contribution in [0.25, 0.3) is 32.9 Å². The molecule has 26 heavy (non-hydrogen) atoms. The molecule has 4 aromatic rings. The van der Waals surface area contributed by atoms with Gasteiger partial charge in [-0.2, -0.15) is 0 Å². The summed E-state index contributed by atoms with van der Waals surface area (Å²) >= 11 is 18.7. The van der Waals surface area contributed by atoms with Gasteiger partial charge in [-0.15, -0.1) is 5.92 Å². The van der Waals surface area contributed by atoms with Crippen molar-refractivity contribution in [3.63, 3.8) is 0 Å². The zero-order valence-electron chi connectivity index (χ0n) is 13.7. The third kappa shape index (κ3) is 2.91. The van der Waals surface area contributed by atoms with Gasteiger partial charge in [0, 0.05) is 33.1 Å². The molecule has 1 aromatic carbocycles. The van der Waals surface area contributed by atoms with Gasteiger partial charge in [0.25, 0.3) is 0 Å². The van der Waals surface area contributed by atoms with E-state index in [0.717, 1.165) is 38.6 Å². The lowest BCUT2D eigenvalue weighted by atomic mass is 10.0. The highest BCUT2D eigenvalue weighted by atomic mass is 35.5. The standard InChI is InChI=1S/C20H12Cl3N3/c1-2-3-4-16-19-12(7-8-24-16)14-9-11(21)10-15(18(14)26-19)13-5-6-17(22)25-20(13)23/h5-10,26H,4H2,1H3. The van der Waals surface area contributed by atoms with Gasteiger partial charge in [-0.25, -0.2) is 4.98 Å². The molecular weight excluding hydrogens is 389 g/mol. The molecule has 0 atom stereocenters. The van der Waals surface area contributed by atoms with E-state index in [9.17, 15) is 0 Å². The molecule has 0 radical (unpaired) electrons. The van der Waals surface area contributed by atoms with Gasteiger partial charge < -0.3 is 4.98 Å². The monoisotopic (exact) mass is 399 g/mol. The summed E-state index contributed by atoms with van der Waals surface area (Å²) < 4.78 is 0. The Morgan fingerprint density at radius 1 is 1.00 bits per heavy atom. The number of halogens is 3. The summed E-state index contributed by atoms with van der Waals surface area (Å²) in [4.78, 5) is 12.1. The number of pyridine rings is 2. The van der Waals surface area contributed by atoms with Crippen LogP contribution in [0.2, 0.25) is 15.3 Å². The van der Waals surface area contributed by atoms with Crippen molar-refractivity contribution in [2.24, 2.45) is 0 Å². The van der Waals surface area contributed by atoms with Crippen molar-refractivity contribution in [2.45, 2.75) is 13.3 Å². The maximum absolute atomic E-state index is 6.40. The Hall–Kier alpha value is -2.25. The number of aromatic amines is 1. The van der Waals surface area contributed by atoms with Crippen LogP contribution >= 0.6 is 34.8 Å². The summed E-state index contributed by atoms with van der Waals surface area (Å²) in [6.07, 6.45) is 2.37. The maximum atomic E-state index is 6.40. The van der Waals surface area contributed by atoms with Gasteiger partial charge >= 0.3 is 0 Å². The van der Waals surface area contributed by atoms with Gasteiger partial charge in [-0.1, -0.05) is 40.7 Å². The van der Waals surface area contributed by atoms with Gasteiger partial charge in [-0.05, 0) is 37.3 Å². The number of benzene rings is 1. The van der Waals surface area contributed by atoms with E-state index in [0.29, 0.717) is 21.7 Å². The molecule has 128 valence electrons. The summed E-state index contributed by atoms with van der Waals surface area (Å²) in [5.41, 5.74) is 4.40. The number of fused-ring (bicyclic) bond motifs is 3. The second kappa shape index (κ2) is 6.81. The molecule has 0 saturated carbocycles. The number of rotatable bonds is 2. The predicted molar refractivity (Wildman–Crippen MR) is 109 cm³/mol. The van der Waals surface area contributed by atoms with Crippen LogP contribution in [0.3, 0.4) is 0 Å². The number of hydrogen-bond acceptors (Lipinski definition) is 2. The van der Waals surface area contributed by atoms with Crippen molar-refractivity contribution in [3.05, 3.63) is 57.6 Å². The first-order valence-electron chi connectivity index (χ1n) is 7.89. The average molecular weight is 401 g/mol. The van der Waals surface area contributed by atoms with Crippen molar-refractivity contribution >= 4 is 56.6 Å². The van der Waals surface area contributed by atoms with E-state index < -0.39 is 0 Å². The van der Waals surface area contributed by atoms with E-state index in [-0.39, 0.29) is 0 Å². The number of nitrogens with zero attached hydrogens (tertiary/aromatic N) is 2. The Morgan fingerprint density at radius 3 is 2.62 bits per heavy atom. The molecule has 0 unspecified atom stereocenters. The fraction of sp³-hybridized carbons (Fsp3) is 0.100. The number of hydrogen-bond donors (Lipinski definition) is 1. The van der Waals surface area contributed by atoms with Gasteiger partial charge in [-0.3, -0.25) is 4.98 Å². The van der Waals surface area contributed by atoms with Crippen LogP contribution in [-0.4, -0.2) is 15.0 Å². The van der Waals surface area contributed by atoms with E-state index in [1.165, 1.54) is 0 Å². The first kappa shape index (κ1) is 17.2. The van der Waals surface area contributed by atoms with E-state index in [4.69, 9.17) is 34.8 Å². The second-order valence-corrected chi connectivity index (χ2v) is 6.94. The molecular formula is C20H12Cl3N3. The molecule has 0 aliphatic rings. The molecule has 3 heterocycles. The normalized spacial score (nSPS) is 10.9. The lowest BCUT2D eigenvalue weighted by molar-refractivity contribution is 1.15. The molecule has 0 spiro atoms. The van der Waals surface area contributed by atoms with E-state index in [1.807, 2.05) is 31.2 Å². The Bertz CT molecular complexity index is 1220. The highest BCUT2D eigenvalue weighted by Gasteiger charge is 2.16. The minimum absolute atomic E-state index is 0.329. The molecule has 4 rings (SSSR count). The average Bonchev–Trinajstić information content (AvgIpc) is 2.99. The van der Waals surface area contributed by atoms with Crippen molar-refractivity contribution in [1.29, 1.82) is 0 Å². The van der Waals surface area contributed by atoms with E-state index >= 15 is 0 Å². The van der Waals surface area contributed by atoms with Gasteiger partial charge in [0.2, 0.25) is 0 Å². The Morgan fingerprint density at radius 2 is 1.85 bits per heavy atom. The molecule has 6 heteroatoms. The van der Waals surface area contributed by atoms with E-state index in [2.05, 4.69) is 26.8 Å². The maximum Gasteiger partial charge on any atom is 0.138 e.